The lowest BCUT2D eigenvalue weighted by Gasteiger charge is -2.12. The third kappa shape index (κ3) is 3.83. The predicted octanol–water partition coefficient (Wildman–Crippen LogP) is 3.46. The monoisotopic (exact) mass is 304 g/mol. The van der Waals surface area contributed by atoms with Crippen molar-refractivity contribution in [1.29, 1.82) is 0 Å². The van der Waals surface area contributed by atoms with Gasteiger partial charge in [-0.3, -0.25) is 0 Å². The zero-order valence-corrected chi connectivity index (χ0v) is 12.3. The normalized spacial score (nSPS) is 17.7. The first-order valence-electron chi connectivity index (χ1n) is 7.01. The zero-order valence-electron chi connectivity index (χ0n) is 11.6. The largest absolute Gasteiger partial charge is 0.376 e. The SMILES string of the molecule is Clc1ccccc1Nc1nccc(NCC2CCCO2)n1. The molecule has 110 valence electrons. The van der Waals surface area contributed by atoms with E-state index in [0.29, 0.717) is 11.0 Å². The van der Waals surface area contributed by atoms with Crippen molar-refractivity contribution in [2.24, 2.45) is 0 Å². The molecule has 2 aromatic rings. The van der Waals surface area contributed by atoms with Gasteiger partial charge < -0.3 is 15.4 Å². The summed E-state index contributed by atoms with van der Waals surface area (Å²) in [4.78, 5) is 8.63. The Morgan fingerprint density at radius 3 is 3.00 bits per heavy atom. The number of hydrogen-bond acceptors (Lipinski definition) is 5. The second-order valence-electron chi connectivity index (χ2n) is 4.89. The molecule has 0 radical (unpaired) electrons. The number of aromatic nitrogens is 2. The average molecular weight is 305 g/mol. The fraction of sp³-hybridized carbons (Fsp3) is 0.333. The fourth-order valence-electron chi connectivity index (χ4n) is 2.22. The van der Waals surface area contributed by atoms with Gasteiger partial charge in [0, 0.05) is 19.3 Å². The Morgan fingerprint density at radius 2 is 2.19 bits per heavy atom. The van der Waals surface area contributed by atoms with Gasteiger partial charge in [0.2, 0.25) is 5.95 Å². The number of nitrogens with zero attached hydrogens (tertiary/aromatic N) is 2. The molecule has 1 aromatic carbocycles. The molecule has 0 bridgehead atoms. The van der Waals surface area contributed by atoms with E-state index in [9.17, 15) is 0 Å². The third-order valence-corrected chi connectivity index (χ3v) is 3.64. The summed E-state index contributed by atoms with van der Waals surface area (Å²) >= 11 is 6.11. The molecular formula is C15H17ClN4O. The molecule has 5 nitrogen and oxygen atoms in total. The van der Waals surface area contributed by atoms with Crippen molar-refractivity contribution in [3.63, 3.8) is 0 Å². The molecule has 1 aromatic heterocycles. The van der Waals surface area contributed by atoms with Crippen molar-refractivity contribution in [2.45, 2.75) is 18.9 Å². The van der Waals surface area contributed by atoms with Gasteiger partial charge in [-0.2, -0.15) is 4.98 Å². The smallest absolute Gasteiger partial charge is 0.229 e. The minimum absolute atomic E-state index is 0.278. The summed E-state index contributed by atoms with van der Waals surface area (Å²) in [5.74, 6) is 1.29. The maximum Gasteiger partial charge on any atom is 0.229 e. The quantitative estimate of drug-likeness (QED) is 0.886. The number of anilines is 3. The van der Waals surface area contributed by atoms with Gasteiger partial charge in [-0.05, 0) is 31.0 Å². The number of nitrogens with one attached hydrogen (secondary N) is 2. The van der Waals surface area contributed by atoms with Gasteiger partial charge >= 0.3 is 0 Å². The van der Waals surface area contributed by atoms with Crippen molar-refractivity contribution in [1.82, 2.24) is 9.97 Å². The molecule has 21 heavy (non-hydrogen) atoms. The topological polar surface area (TPSA) is 59.1 Å². The first-order valence-corrected chi connectivity index (χ1v) is 7.39. The lowest BCUT2D eigenvalue weighted by atomic mass is 10.2. The molecule has 0 spiro atoms. The van der Waals surface area contributed by atoms with Crippen LogP contribution < -0.4 is 10.6 Å². The summed E-state index contributed by atoms with van der Waals surface area (Å²) in [6.07, 6.45) is 4.22. The molecule has 6 heteroatoms. The summed E-state index contributed by atoms with van der Waals surface area (Å²) in [6.45, 7) is 1.62. The Kier molecular flexibility index (Phi) is 4.52. The molecule has 3 rings (SSSR count). The number of halogens is 1. The fourth-order valence-corrected chi connectivity index (χ4v) is 2.41. The number of benzene rings is 1. The average Bonchev–Trinajstić information content (AvgIpc) is 3.01. The van der Waals surface area contributed by atoms with Crippen LogP contribution in [0.25, 0.3) is 0 Å². The Morgan fingerprint density at radius 1 is 1.29 bits per heavy atom. The van der Waals surface area contributed by atoms with E-state index in [1.165, 1.54) is 0 Å². The lowest BCUT2D eigenvalue weighted by Crippen LogP contribution is -2.19. The zero-order chi connectivity index (χ0) is 14.5. The predicted molar refractivity (Wildman–Crippen MR) is 84.2 cm³/mol. The molecule has 0 amide bonds. The van der Waals surface area contributed by atoms with E-state index < -0.39 is 0 Å². The Labute approximate surface area is 128 Å². The van der Waals surface area contributed by atoms with Crippen molar-refractivity contribution < 1.29 is 4.74 Å². The maximum atomic E-state index is 6.11. The second-order valence-corrected chi connectivity index (χ2v) is 5.29. The summed E-state index contributed by atoms with van der Waals surface area (Å²) in [5, 5.41) is 7.03. The lowest BCUT2D eigenvalue weighted by molar-refractivity contribution is 0.120. The van der Waals surface area contributed by atoms with Gasteiger partial charge in [-0.1, -0.05) is 23.7 Å². The third-order valence-electron chi connectivity index (χ3n) is 3.31. The van der Waals surface area contributed by atoms with Gasteiger partial charge in [-0.25, -0.2) is 4.98 Å². The maximum absolute atomic E-state index is 6.11. The second kappa shape index (κ2) is 6.74. The molecule has 2 heterocycles. The Hall–Kier alpha value is -1.85. The van der Waals surface area contributed by atoms with Crippen molar-refractivity contribution in [2.75, 3.05) is 23.8 Å². The van der Waals surface area contributed by atoms with E-state index in [1.807, 2.05) is 30.3 Å². The van der Waals surface area contributed by atoms with Crippen LogP contribution in [0.5, 0.6) is 0 Å². The number of para-hydroxylation sites is 1. The van der Waals surface area contributed by atoms with Crippen LogP contribution in [0.4, 0.5) is 17.5 Å². The first kappa shape index (κ1) is 14.1. The Bertz CT molecular complexity index is 602. The van der Waals surface area contributed by atoms with Crippen LogP contribution in [0.15, 0.2) is 36.5 Å². The molecule has 2 N–H and O–H groups in total. The minimum atomic E-state index is 0.278. The van der Waals surface area contributed by atoms with Gasteiger partial charge in [0.05, 0.1) is 16.8 Å². The van der Waals surface area contributed by atoms with Crippen molar-refractivity contribution >= 4 is 29.1 Å². The number of hydrogen-bond donors (Lipinski definition) is 2. The molecular weight excluding hydrogens is 288 g/mol. The number of rotatable bonds is 5. The van der Waals surface area contributed by atoms with E-state index in [0.717, 1.165) is 37.5 Å². The van der Waals surface area contributed by atoms with Crippen LogP contribution in [-0.4, -0.2) is 29.2 Å². The van der Waals surface area contributed by atoms with Crippen LogP contribution in [-0.2, 0) is 4.74 Å². The van der Waals surface area contributed by atoms with Crippen molar-refractivity contribution in [3.05, 3.63) is 41.6 Å². The molecule has 1 saturated heterocycles. The van der Waals surface area contributed by atoms with Crippen molar-refractivity contribution in [3.8, 4) is 0 Å². The summed E-state index contributed by atoms with van der Waals surface area (Å²) in [5.41, 5.74) is 0.787. The molecule has 0 saturated carbocycles. The van der Waals surface area contributed by atoms with Crippen LogP contribution >= 0.6 is 11.6 Å². The van der Waals surface area contributed by atoms with Gasteiger partial charge in [0.15, 0.2) is 0 Å². The van der Waals surface area contributed by atoms with E-state index in [2.05, 4.69) is 20.6 Å². The molecule has 1 atom stereocenters. The van der Waals surface area contributed by atoms with Crippen LogP contribution in [0.3, 0.4) is 0 Å². The summed E-state index contributed by atoms with van der Waals surface area (Å²) in [7, 11) is 0. The van der Waals surface area contributed by atoms with E-state index in [-0.39, 0.29) is 6.10 Å². The summed E-state index contributed by atoms with van der Waals surface area (Å²) < 4.78 is 5.58. The van der Waals surface area contributed by atoms with E-state index in [4.69, 9.17) is 16.3 Å². The molecule has 1 aliphatic rings. The van der Waals surface area contributed by atoms with E-state index >= 15 is 0 Å². The van der Waals surface area contributed by atoms with Crippen LogP contribution in [0, 0.1) is 0 Å². The highest BCUT2D eigenvalue weighted by atomic mass is 35.5. The first-order chi connectivity index (χ1) is 10.3. The number of ether oxygens (including phenoxy) is 1. The minimum Gasteiger partial charge on any atom is -0.376 e. The highest BCUT2D eigenvalue weighted by molar-refractivity contribution is 6.33. The van der Waals surface area contributed by atoms with Crippen LogP contribution in [0.2, 0.25) is 5.02 Å². The molecule has 1 unspecified atom stereocenters. The van der Waals surface area contributed by atoms with Crippen LogP contribution in [0.1, 0.15) is 12.8 Å². The Balaban J connectivity index is 1.64. The van der Waals surface area contributed by atoms with Gasteiger partial charge in [-0.15, -0.1) is 0 Å². The van der Waals surface area contributed by atoms with E-state index in [1.54, 1.807) is 6.20 Å². The van der Waals surface area contributed by atoms with Gasteiger partial charge in [0.25, 0.3) is 0 Å². The molecule has 1 aliphatic heterocycles. The highest BCUT2D eigenvalue weighted by Crippen LogP contribution is 2.23. The highest BCUT2D eigenvalue weighted by Gasteiger charge is 2.15. The van der Waals surface area contributed by atoms with Gasteiger partial charge in [0.1, 0.15) is 5.82 Å². The molecule has 1 fully saturated rings. The summed E-state index contributed by atoms with van der Waals surface area (Å²) in [6, 6.07) is 9.34. The standard InChI is InChI=1S/C15H17ClN4O/c16-12-5-1-2-6-13(12)19-15-17-8-7-14(20-15)18-10-11-4-3-9-21-11/h1-2,5-8,11H,3-4,9-10H2,(H2,17,18,19,20). The molecule has 0 aliphatic carbocycles.